The number of nitrogens with one attached hydrogen (secondary N) is 1. The Hall–Kier alpha value is -3.47. The van der Waals surface area contributed by atoms with E-state index in [1.165, 1.54) is 5.56 Å². The molecule has 0 fully saturated rings. The molecule has 160 valence electrons. The van der Waals surface area contributed by atoms with Crippen molar-refractivity contribution in [3.05, 3.63) is 90.0 Å². The van der Waals surface area contributed by atoms with Crippen molar-refractivity contribution in [3.63, 3.8) is 0 Å². The Balaban J connectivity index is 1.37. The molecule has 4 rings (SSSR count). The third-order valence-corrected chi connectivity index (χ3v) is 5.33. The van der Waals surface area contributed by atoms with E-state index in [4.69, 9.17) is 14.9 Å². The summed E-state index contributed by atoms with van der Waals surface area (Å²) in [5.74, 6) is 1.78. The van der Waals surface area contributed by atoms with E-state index in [0.717, 1.165) is 48.5 Å². The topological polar surface area (TPSA) is 52.2 Å². The molecule has 0 unspecified atom stereocenters. The van der Waals surface area contributed by atoms with Gasteiger partial charge in [-0.3, -0.25) is 5.41 Å². The molecule has 3 aromatic carbocycles. The van der Waals surface area contributed by atoms with E-state index < -0.39 is 0 Å². The van der Waals surface area contributed by atoms with Crippen molar-refractivity contribution in [2.24, 2.45) is 0 Å². The van der Waals surface area contributed by atoms with Gasteiger partial charge in [0.15, 0.2) is 0 Å². The summed E-state index contributed by atoms with van der Waals surface area (Å²) >= 11 is 0. The van der Waals surface area contributed by atoms with E-state index in [1.54, 1.807) is 0 Å². The smallest absolute Gasteiger partial charge is 0.202 e. The quantitative estimate of drug-likeness (QED) is 0.363. The molecule has 0 amide bonds. The molecule has 0 aliphatic rings. The number of para-hydroxylation sites is 3. The number of hydrogen-bond donors (Lipinski definition) is 1. The standard InChI is InChI=1S/C26H29N3O2/c1-21-13-15-23(16-14-21)31-20-8-18-29-25-12-6-5-11-24(25)28(26(29)27)17-7-19-30-22-9-3-2-4-10-22/h2-6,9-16,27H,7-8,17-20H2,1H3. The number of nitrogens with zero attached hydrogens (tertiary/aromatic N) is 2. The average Bonchev–Trinajstić information content (AvgIpc) is 3.07. The number of hydrogen-bond acceptors (Lipinski definition) is 3. The van der Waals surface area contributed by atoms with Gasteiger partial charge in [0.05, 0.1) is 24.2 Å². The van der Waals surface area contributed by atoms with Gasteiger partial charge in [-0.1, -0.05) is 48.0 Å². The summed E-state index contributed by atoms with van der Waals surface area (Å²) in [6.45, 7) is 4.82. The van der Waals surface area contributed by atoms with Gasteiger partial charge in [0.25, 0.3) is 0 Å². The lowest BCUT2D eigenvalue weighted by molar-refractivity contribution is 0.297. The molecule has 4 aromatic rings. The lowest BCUT2D eigenvalue weighted by Gasteiger charge is -2.08. The van der Waals surface area contributed by atoms with E-state index in [2.05, 4.69) is 40.3 Å². The fourth-order valence-electron chi connectivity index (χ4n) is 3.72. The molecule has 0 spiro atoms. The van der Waals surface area contributed by atoms with Gasteiger partial charge >= 0.3 is 0 Å². The Morgan fingerprint density at radius 1 is 0.645 bits per heavy atom. The van der Waals surface area contributed by atoms with Crippen molar-refractivity contribution in [1.82, 2.24) is 9.13 Å². The first-order valence-electron chi connectivity index (χ1n) is 10.8. The minimum absolute atomic E-state index is 0.524. The molecule has 5 heteroatoms. The zero-order chi connectivity index (χ0) is 21.5. The molecule has 0 radical (unpaired) electrons. The van der Waals surface area contributed by atoms with Crippen molar-refractivity contribution in [2.75, 3.05) is 13.2 Å². The van der Waals surface area contributed by atoms with Gasteiger partial charge in [-0.25, -0.2) is 0 Å². The second-order valence-electron chi connectivity index (χ2n) is 7.65. The van der Waals surface area contributed by atoms with Gasteiger partial charge in [-0.15, -0.1) is 0 Å². The number of aromatic nitrogens is 2. The van der Waals surface area contributed by atoms with Crippen molar-refractivity contribution in [1.29, 1.82) is 5.41 Å². The van der Waals surface area contributed by atoms with Gasteiger partial charge < -0.3 is 18.6 Å². The molecule has 0 atom stereocenters. The number of benzene rings is 3. The highest BCUT2D eigenvalue weighted by Gasteiger charge is 2.10. The number of imidazole rings is 1. The first-order chi connectivity index (χ1) is 15.2. The Morgan fingerprint density at radius 2 is 1.13 bits per heavy atom. The van der Waals surface area contributed by atoms with Crippen LogP contribution in [0.2, 0.25) is 0 Å². The fourth-order valence-corrected chi connectivity index (χ4v) is 3.72. The van der Waals surface area contributed by atoms with E-state index in [1.807, 2.05) is 54.6 Å². The second-order valence-corrected chi connectivity index (χ2v) is 7.65. The SMILES string of the molecule is Cc1ccc(OCCCn2c(=N)n(CCCOc3ccccc3)c3ccccc32)cc1. The number of aryl methyl sites for hydroxylation is 3. The van der Waals surface area contributed by atoms with Gasteiger partial charge in [0.1, 0.15) is 11.5 Å². The molecule has 0 aliphatic heterocycles. The van der Waals surface area contributed by atoms with Crippen LogP contribution in [0.5, 0.6) is 11.5 Å². The second kappa shape index (κ2) is 10.0. The Labute approximate surface area is 183 Å². The summed E-state index contributed by atoms with van der Waals surface area (Å²) in [4.78, 5) is 0. The van der Waals surface area contributed by atoms with Crippen LogP contribution in [0.4, 0.5) is 0 Å². The zero-order valence-corrected chi connectivity index (χ0v) is 18.0. The van der Waals surface area contributed by atoms with Crippen LogP contribution in [0, 0.1) is 12.3 Å². The molecule has 0 aliphatic carbocycles. The summed E-state index contributed by atoms with van der Waals surface area (Å²) in [6, 6.07) is 26.2. The Kier molecular flexibility index (Phi) is 6.72. The van der Waals surface area contributed by atoms with E-state index >= 15 is 0 Å². The first-order valence-corrected chi connectivity index (χ1v) is 10.8. The van der Waals surface area contributed by atoms with Gasteiger partial charge in [-0.2, -0.15) is 0 Å². The zero-order valence-electron chi connectivity index (χ0n) is 18.0. The van der Waals surface area contributed by atoms with Gasteiger partial charge in [0.2, 0.25) is 5.62 Å². The van der Waals surface area contributed by atoms with Gasteiger partial charge in [-0.05, 0) is 56.2 Å². The van der Waals surface area contributed by atoms with Crippen LogP contribution in [0.15, 0.2) is 78.9 Å². The van der Waals surface area contributed by atoms with E-state index in [9.17, 15) is 0 Å². The number of fused-ring (bicyclic) bond motifs is 1. The van der Waals surface area contributed by atoms with E-state index in [0.29, 0.717) is 18.8 Å². The third kappa shape index (κ3) is 5.18. The minimum atomic E-state index is 0.524. The highest BCUT2D eigenvalue weighted by Crippen LogP contribution is 2.15. The highest BCUT2D eigenvalue weighted by atomic mass is 16.5. The lowest BCUT2D eigenvalue weighted by atomic mass is 10.2. The van der Waals surface area contributed by atoms with Crippen LogP contribution in [-0.4, -0.2) is 22.3 Å². The molecule has 1 heterocycles. The Morgan fingerprint density at radius 3 is 1.68 bits per heavy atom. The summed E-state index contributed by atoms with van der Waals surface area (Å²) < 4.78 is 15.8. The molecule has 1 N–H and O–H groups in total. The molecular formula is C26H29N3O2. The maximum Gasteiger partial charge on any atom is 0.202 e. The summed E-state index contributed by atoms with van der Waals surface area (Å²) in [6.07, 6.45) is 1.69. The van der Waals surface area contributed by atoms with Crippen LogP contribution < -0.4 is 15.1 Å². The molecule has 0 saturated heterocycles. The monoisotopic (exact) mass is 415 g/mol. The number of rotatable bonds is 10. The largest absolute Gasteiger partial charge is 0.494 e. The van der Waals surface area contributed by atoms with Crippen LogP contribution >= 0.6 is 0 Å². The molecule has 0 saturated carbocycles. The van der Waals surface area contributed by atoms with Crippen LogP contribution in [0.1, 0.15) is 18.4 Å². The summed E-state index contributed by atoms with van der Waals surface area (Å²) in [5, 5.41) is 8.74. The summed E-state index contributed by atoms with van der Waals surface area (Å²) in [5.41, 5.74) is 3.93. The van der Waals surface area contributed by atoms with Crippen molar-refractivity contribution in [2.45, 2.75) is 32.9 Å². The predicted octanol–water partition coefficient (Wildman–Crippen LogP) is 5.17. The summed E-state index contributed by atoms with van der Waals surface area (Å²) in [7, 11) is 0. The number of ether oxygens (including phenoxy) is 2. The van der Waals surface area contributed by atoms with Crippen molar-refractivity contribution < 1.29 is 9.47 Å². The molecule has 1 aromatic heterocycles. The van der Waals surface area contributed by atoms with E-state index in [-0.39, 0.29) is 0 Å². The Bertz CT molecular complexity index is 1160. The maximum absolute atomic E-state index is 8.74. The first kappa shape index (κ1) is 20.8. The van der Waals surface area contributed by atoms with Crippen molar-refractivity contribution in [3.8, 4) is 11.5 Å². The lowest BCUT2D eigenvalue weighted by Crippen LogP contribution is -2.26. The average molecular weight is 416 g/mol. The predicted molar refractivity (Wildman–Crippen MR) is 124 cm³/mol. The normalized spacial score (nSPS) is 11.0. The van der Waals surface area contributed by atoms with Crippen LogP contribution in [-0.2, 0) is 13.1 Å². The van der Waals surface area contributed by atoms with Gasteiger partial charge in [0, 0.05) is 13.1 Å². The maximum atomic E-state index is 8.74. The molecule has 0 bridgehead atoms. The molecule has 31 heavy (non-hydrogen) atoms. The highest BCUT2D eigenvalue weighted by molar-refractivity contribution is 5.75. The fraction of sp³-hybridized carbons (Fsp3) is 0.269. The minimum Gasteiger partial charge on any atom is -0.494 e. The van der Waals surface area contributed by atoms with Crippen molar-refractivity contribution >= 4 is 11.0 Å². The molecular weight excluding hydrogens is 386 g/mol. The molecule has 5 nitrogen and oxygen atoms in total. The van der Waals surface area contributed by atoms with Crippen LogP contribution in [0.25, 0.3) is 11.0 Å². The third-order valence-electron chi connectivity index (χ3n) is 5.33. The van der Waals surface area contributed by atoms with Crippen LogP contribution in [0.3, 0.4) is 0 Å².